The van der Waals surface area contributed by atoms with Gasteiger partial charge in [-0.1, -0.05) is 6.07 Å². The Balaban J connectivity index is 1.52. The zero-order valence-electron chi connectivity index (χ0n) is 16.5. The molecular formula is C23H25N3O3. The van der Waals surface area contributed by atoms with Crippen molar-refractivity contribution in [2.24, 2.45) is 0 Å². The van der Waals surface area contributed by atoms with Crippen LogP contribution >= 0.6 is 0 Å². The number of rotatable bonds is 6. The number of carbonyl (C=O) groups is 1. The van der Waals surface area contributed by atoms with Crippen LogP contribution in [0, 0.1) is 0 Å². The Hall–Kier alpha value is -3.12. The Morgan fingerprint density at radius 1 is 1.17 bits per heavy atom. The van der Waals surface area contributed by atoms with Crippen LogP contribution in [0.15, 0.2) is 71.6 Å². The van der Waals surface area contributed by atoms with E-state index < -0.39 is 0 Å². The number of nitrogens with zero attached hydrogens (tertiary/aromatic N) is 3. The van der Waals surface area contributed by atoms with Crippen molar-refractivity contribution >= 4 is 11.6 Å². The van der Waals surface area contributed by atoms with Gasteiger partial charge in [-0.25, -0.2) is 0 Å². The largest absolute Gasteiger partial charge is 0.497 e. The Morgan fingerprint density at radius 3 is 2.66 bits per heavy atom. The summed E-state index contributed by atoms with van der Waals surface area (Å²) < 4.78 is 10.8. The molecule has 0 N–H and O–H groups in total. The smallest absolute Gasteiger partial charge is 0.294 e. The lowest BCUT2D eigenvalue weighted by Gasteiger charge is -2.38. The molecule has 150 valence electrons. The molecule has 3 aromatic rings. The molecule has 1 aliphatic rings. The lowest BCUT2D eigenvalue weighted by Crippen LogP contribution is -2.47. The summed E-state index contributed by atoms with van der Waals surface area (Å²) in [5.74, 6) is 0.970. The van der Waals surface area contributed by atoms with Gasteiger partial charge in [0.05, 0.1) is 13.4 Å². The van der Waals surface area contributed by atoms with Crippen molar-refractivity contribution in [2.75, 3.05) is 25.1 Å². The number of piperidine rings is 1. The molecule has 3 heterocycles. The third kappa shape index (κ3) is 4.49. The van der Waals surface area contributed by atoms with Gasteiger partial charge in [0.25, 0.3) is 5.91 Å². The summed E-state index contributed by atoms with van der Waals surface area (Å²) in [6.45, 7) is 2.76. The second-order valence-corrected chi connectivity index (χ2v) is 7.22. The number of amides is 1. The number of furan rings is 1. The molecule has 0 unspecified atom stereocenters. The molecule has 1 amide bonds. The SMILES string of the molecule is COc1cccc(N(C(=O)c2ccco2)C2CCN(Cc3ccncc3)CC2)c1. The molecular weight excluding hydrogens is 366 g/mol. The molecule has 4 rings (SSSR count). The first kappa shape index (κ1) is 19.2. The number of ether oxygens (including phenoxy) is 1. The highest BCUT2D eigenvalue weighted by Gasteiger charge is 2.31. The molecule has 0 aliphatic carbocycles. The predicted octanol–water partition coefficient (Wildman–Crippen LogP) is 3.99. The van der Waals surface area contributed by atoms with Gasteiger partial charge in [0, 0.05) is 49.8 Å². The topological polar surface area (TPSA) is 58.8 Å². The van der Waals surface area contributed by atoms with Gasteiger partial charge in [-0.05, 0) is 54.8 Å². The first-order valence-electron chi connectivity index (χ1n) is 9.87. The molecule has 1 aromatic carbocycles. The van der Waals surface area contributed by atoms with E-state index in [0.29, 0.717) is 5.76 Å². The highest BCUT2D eigenvalue weighted by Crippen LogP contribution is 2.29. The van der Waals surface area contributed by atoms with E-state index >= 15 is 0 Å². The van der Waals surface area contributed by atoms with Gasteiger partial charge in [-0.3, -0.25) is 14.7 Å². The molecule has 6 nitrogen and oxygen atoms in total. The molecule has 29 heavy (non-hydrogen) atoms. The third-order valence-electron chi connectivity index (χ3n) is 5.36. The van der Waals surface area contributed by atoms with E-state index in [4.69, 9.17) is 9.15 Å². The zero-order valence-corrected chi connectivity index (χ0v) is 16.5. The van der Waals surface area contributed by atoms with Gasteiger partial charge in [0.15, 0.2) is 5.76 Å². The van der Waals surface area contributed by atoms with E-state index in [2.05, 4.69) is 22.0 Å². The number of carbonyl (C=O) groups excluding carboxylic acids is 1. The molecule has 0 saturated carbocycles. The fourth-order valence-electron chi connectivity index (χ4n) is 3.86. The van der Waals surface area contributed by atoms with Crippen molar-refractivity contribution in [1.29, 1.82) is 0 Å². The summed E-state index contributed by atoms with van der Waals surface area (Å²) in [4.78, 5) is 21.6. The van der Waals surface area contributed by atoms with Crippen LogP contribution in [-0.4, -0.2) is 42.0 Å². The zero-order chi connectivity index (χ0) is 20.1. The van der Waals surface area contributed by atoms with Crippen LogP contribution in [0.3, 0.4) is 0 Å². The third-order valence-corrected chi connectivity index (χ3v) is 5.36. The van der Waals surface area contributed by atoms with Crippen LogP contribution in [0.1, 0.15) is 29.0 Å². The number of aromatic nitrogens is 1. The second-order valence-electron chi connectivity index (χ2n) is 7.22. The summed E-state index contributed by atoms with van der Waals surface area (Å²) in [5, 5.41) is 0. The number of methoxy groups -OCH3 is 1. The monoisotopic (exact) mass is 391 g/mol. The van der Waals surface area contributed by atoms with Gasteiger partial charge >= 0.3 is 0 Å². The fraction of sp³-hybridized carbons (Fsp3) is 0.304. The number of hydrogen-bond donors (Lipinski definition) is 0. The van der Waals surface area contributed by atoms with Crippen molar-refractivity contribution in [2.45, 2.75) is 25.4 Å². The molecule has 1 aliphatic heterocycles. The Bertz CT molecular complexity index is 920. The highest BCUT2D eigenvalue weighted by molar-refractivity contribution is 6.04. The minimum Gasteiger partial charge on any atom is -0.497 e. The summed E-state index contributed by atoms with van der Waals surface area (Å²) in [5.41, 5.74) is 2.09. The molecule has 6 heteroatoms. The van der Waals surface area contributed by atoms with Crippen LogP contribution in [0.25, 0.3) is 0 Å². The molecule has 0 bridgehead atoms. The fourth-order valence-corrected chi connectivity index (χ4v) is 3.86. The summed E-state index contributed by atoms with van der Waals surface area (Å²) in [6.07, 6.45) is 6.99. The van der Waals surface area contributed by atoms with E-state index in [9.17, 15) is 4.79 Å². The maximum atomic E-state index is 13.2. The number of likely N-dealkylation sites (tertiary alicyclic amines) is 1. The molecule has 0 spiro atoms. The van der Waals surface area contributed by atoms with Crippen molar-refractivity contribution < 1.29 is 13.9 Å². The maximum absolute atomic E-state index is 13.2. The number of anilines is 1. The standard InChI is InChI=1S/C23H25N3O3/c1-28-21-5-2-4-20(16-21)26(23(27)22-6-3-15-29-22)19-9-13-25(14-10-19)17-18-7-11-24-12-8-18/h2-8,11-12,15-16,19H,9-10,13-14,17H2,1H3. The van der Waals surface area contributed by atoms with Crippen LogP contribution in [0.4, 0.5) is 5.69 Å². The maximum Gasteiger partial charge on any atom is 0.294 e. The summed E-state index contributed by atoms with van der Waals surface area (Å²) >= 11 is 0. The van der Waals surface area contributed by atoms with Crippen molar-refractivity contribution in [3.8, 4) is 5.75 Å². The van der Waals surface area contributed by atoms with Crippen LogP contribution < -0.4 is 9.64 Å². The van der Waals surface area contributed by atoms with Crippen LogP contribution in [0.5, 0.6) is 5.75 Å². The summed E-state index contributed by atoms with van der Waals surface area (Å²) in [6, 6.07) is 15.3. The average molecular weight is 391 g/mol. The Morgan fingerprint density at radius 2 is 1.97 bits per heavy atom. The van der Waals surface area contributed by atoms with Gasteiger partial charge < -0.3 is 14.1 Å². The molecule has 0 atom stereocenters. The lowest BCUT2D eigenvalue weighted by atomic mass is 10.0. The Kier molecular flexibility index (Phi) is 5.91. The van der Waals surface area contributed by atoms with Crippen LogP contribution in [0.2, 0.25) is 0 Å². The minimum atomic E-state index is -0.115. The summed E-state index contributed by atoms with van der Waals surface area (Å²) in [7, 11) is 1.63. The van der Waals surface area contributed by atoms with Crippen LogP contribution in [-0.2, 0) is 6.54 Å². The number of pyridine rings is 1. The molecule has 1 saturated heterocycles. The first-order chi connectivity index (χ1) is 14.2. The average Bonchev–Trinajstić information content (AvgIpc) is 3.31. The van der Waals surface area contributed by atoms with E-state index in [0.717, 1.165) is 43.9 Å². The van der Waals surface area contributed by atoms with Crippen molar-refractivity contribution in [1.82, 2.24) is 9.88 Å². The first-order valence-corrected chi connectivity index (χ1v) is 9.87. The van der Waals surface area contributed by atoms with Crippen molar-refractivity contribution in [3.05, 3.63) is 78.5 Å². The number of benzene rings is 1. The normalized spacial score (nSPS) is 15.2. The van der Waals surface area contributed by atoms with E-state index in [1.807, 2.05) is 41.6 Å². The van der Waals surface area contributed by atoms with E-state index in [1.165, 1.54) is 11.8 Å². The quantitative estimate of drug-likeness (QED) is 0.636. The number of hydrogen-bond acceptors (Lipinski definition) is 5. The lowest BCUT2D eigenvalue weighted by molar-refractivity contribution is 0.0931. The van der Waals surface area contributed by atoms with Gasteiger partial charge in [0.2, 0.25) is 0 Å². The second kappa shape index (κ2) is 8.92. The predicted molar refractivity (Wildman–Crippen MR) is 111 cm³/mol. The molecule has 1 fully saturated rings. The van der Waals surface area contributed by atoms with Gasteiger partial charge in [-0.2, -0.15) is 0 Å². The molecule has 0 radical (unpaired) electrons. The Labute approximate surface area is 170 Å². The molecule has 2 aromatic heterocycles. The minimum absolute atomic E-state index is 0.105. The van der Waals surface area contributed by atoms with Crippen molar-refractivity contribution in [3.63, 3.8) is 0 Å². The van der Waals surface area contributed by atoms with E-state index in [1.54, 1.807) is 19.2 Å². The van der Waals surface area contributed by atoms with Gasteiger partial charge in [0.1, 0.15) is 5.75 Å². The highest BCUT2D eigenvalue weighted by atomic mass is 16.5. The van der Waals surface area contributed by atoms with Gasteiger partial charge in [-0.15, -0.1) is 0 Å². The van der Waals surface area contributed by atoms with E-state index in [-0.39, 0.29) is 11.9 Å².